The molecule has 1 atom stereocenters. The molecule has 1 aliphatic rings. The Balaban J connectivity index is 1.91. The second-order valence-corrected chi connectivity index (χ2v) is 9.52. The number of carbonyl (C=O) groups is 2. The molecule has 2 heterocycles. The molecule has 176 valence electrons. The van der Waals surface area contributed by atoms with Gasteiger partial charge in [-0.3, -0.25) is 14.5 Å². The summed E-state index contributed by atoms with van der Waals surface area (Å²) in [6.07, 6.45) is 0. The van der Waals surface area contributed by atoms with Crippen LogP contribution in [0.5, 0.6) is 5.75 Å². The highest BCUT2D eigenvalue weighted by Crippen LogP contribution is 2.42. The number of anilines is 1. The predicted octanol–water partition coefficient (Wildman–Crippen LogP) is 5.22. The maximum atomic E-state index is 13.2. The Morgan fingerprint density at radius 2 is 1.74 bits per heavy atom. The van der Waals surface area contributed by atoms with E-state index < -0.39 is 17.7 Å². The number of ketones is 1. The van der Waals surface area contributed by atoms with Crippen LogP contribution < -0.4 is 9.64 Å². The van der Waals surface area contributed by atoms with E-state index in [1.54, 1.807) is 38.3 Å². The predicted molar refractivity (Wildman–Crippen MR) is 129 cm³/mol. The Hall–Kier alpha value is -3.87. The first-order valence-electron chi connectivity index (χ1n) is 11.0. The number of hydrogen-bond acceptors (Lipinski definition) is 6. The third-order valence-electron chi connectivity index (χ3n) is 6.07. The van der Waals surface area contributed by atoms with Gasteiger partial charge < -0.3 is 14.4 Å². The van der Waals surface area contributed by atoms with Crippen LogP contribution in [0, 0.1) is 13.8 Å². The van der Waals surface area contributed by atoms with Crippen LogP contribution >= 0.6 is 0 Å². The fourth-order valence-corrected chi connectivity index (χ4v) is 4.20. The number of aliphatic hydroxyl groups excluding tert-OH is 1. The zero-order chi connectivity index (χ0) is 24.8. The van der Waals surface area contributed by atoms with Gasteiger partial charge in [0.15, 0.2) is 5.82 Å². The summed E-state index contributed by atoms with van der Waals surface area (Å²) in [5, 5.41) is 15.3. The SMILES string of the molecule is COc1ccc(C(O)=C2C(=O)C(=O)N(c3cc(C)on3)[C@H]2c2ccc(C(C)(C)C)cc2)cc1C. The number of rotatable bonds is 4. The molecular formula is C27H28N2O5. The van der Waals surface area contributed by atoms with Crippen molar-refractivity contribution < 1.29 is 24.0 Å². The standard InChI is InChI=1S/C27H28N2O5/c1-15-13-18(9-12-20(15)33-6)24(30)22-23(17-7-10-19(11-8-17)27(3,4)5)29(26(32)25(22)31)21-14-16(2)34-28-21/h7-14,23,30H,1-6H3/t23-/m0/s1. The van der Waals surface area contributed by atoms with Crippen molar-refractivity contribution in [3.05, 3.63) is 82.1 Å². The first kappa shape index (κ1) is 23.3. The van der Waals surface area contributed by atoms with Crippen LogP contribution in [0.1, 0.15) is 54.8 Å². The molecular weight excluding hydrogens is 432 g/mol. The molecule has 0 aliphatic carbocycles. The molecule has 1 N–H and O–H groups in total. The van der Waals surface area contributed by atoms with Crippen LogP contribution in [0.15, 0.2) is 58.6 Å². The van der Waals surface area contributed by atoms with Crippen LogP contribution in [0.4, 0.5) is 5.82 Å². The molecule has 7 nitrogen and oxygen atoms in total. The van der Waals surface area contributed by atoms with E-state index >= 15 is 0 Å². The lowest BCUT2D eigenvalue weighted by molar-refractivity contribution is -0.132. The van der Waals surface area contributed by atoms with Gasteiger partial charge in [-0.2, -0.15) is 0 Å². The fourth-order valence-electron chi connectivity index (χ4n) is 4.20. The van der Waals surface area contributed by atoms with Gasteiger partial charge in [0.05, 0.1) is 18.7 Å². The minimum atomic E-state index is -0.860. The number of amides is 1. The number of Topliss-reactive ketones (excluding diaryl/α,β-unsaturated/α-hetero) is 1. The minimum Gasteiger partial charge on any atom is -0.507 e. The van der Waals surface area contributed by atoms with Crippen molar-refractivity contribution in [3.63, 3.8) is 0 Å². The molecule has 1 aromatic heterocycles. The van der Waals surface area contributed by atoms with Gasteiger partial charge in [0.1, 0.15) is 17.3 Å². The quantitative estimate of drug-likeness (QED) is 0.326. The van der Waals surface area contributed by atoms with Crippen LogP contribution in [0.25, 0.3) is 5.76 Å². The summed E-state index contributed by atoms with van der Waals surface area (Å²) in [5.74, 6) is -0.429. The summed E-state index contributed by atoms with van der Waals surface area (Å²) >= 11 is 0. The monoisotopic (exact) mass is 460 g/mol. The Labute approximate surface area is 198 Å². The lowest BCUT2D eigenvalue weighted by Crippen LogP contribution is -2.29. The molecule has 1 amide bonds. The van der Waals surface area contributed by atoms with Gasteiger partial charge in [-0.1, -0.05) is 50.2 Å². The summed E-state index contributed by atoms with van der Waals surface area (Å²) < 4.78 is 10.5. The molecule has 1 saturated heterocycles. The molecule has 1 aliphatic heterocycles. The van der Waals surface area contributed by atoms with Gasteiger partial charge in [0.2, 0.25) is 0 Å². The second-order valence-electron chi connectivity index (χ2n) is 9.52. The third kappa shape index (κ3) is 3.98. The highest BCUT2D eigenvalue weighted by molar-refractivity contribution is 6.51. The Morgan fingerprint density at radius 3 is 2.26 bits per heavy atom. The number of aliphatic hydroxyl groups is 1. The first-order chi connectivity index (χ1) is 16.0. The largest absolute Gasteiger partial charge is 0.507 e. The number of ether oxygens (including phenoxy) is 1. The summed E-state index contributed by atoms with van der Waals surface area (Å²) in [4.78, 5) is 27.7. The molecule has 7 heteroatoms. The lowest BCUT2D eigenvalue weighted by Gasteiger charge is -2.24. The molecule has 0 saturated carbocycles. The number of methoxy groups -OCH3 is 1. The number of benzene rings is 2. The van der Waals surface area contributed by atoms with E-state index in [0.717, 1.165) is 11.1 Å². The van der Waals surface area contributed by atoms with E-state index in [4.69, 9.17) is 9.26 Å². The van der Waals surface area contributed by atoms with E-state index in [9.17, 15) is 14.7 Å². The van der Waals surface area contributed by atoms with Crippen molar-refractivity contribution in [2.24, 2.45) is 0 Å². The highest BCUT2D eigenvalue weighted by Gasteiger charge is 2.48. The van der Waals surface area contributed by atoms with Gasteiger partial charge in [-0.15, -0.1) is 0 Å². The smallest absolute Gasteiger partial charge is 0.301 e. The van der Waals surface area contributed by atoms with Gasteiger partial charge in [0, 0.05) is 11.6 Å². The number of carbonyl (C=O) groups excluding carboxylic acids is 2. The van der Waals surface area contributed by atoms with Crippen molar-refractivity contribution >= 4 is 23.3 Å². The first-order valence-corrected chi connectivity index (χ1v) is 11.0. The number of aromatic nitrogens is 1. The zero-order valence-corrected chi connectivity index (χ0v) is 20.2. The van der Waals surface area contributed by atoms with Gasteiger partial charge in [0.25, 0.3) is 5.78 Å². The van der Waals surface area contributed by atoms with Crippen molar-refractivity contribution in [2.45, 2.75) is 46.1 Å². The van der Waals surface area contributed by atoms with Gasteiger partial charge in [-0.05, 0) is 54.2 Å². The third-order valence-corrected chi connectivity index (χ3v) is 6.07. The summed E-state index contributed by atoms with van der Waals surface area (Å²) in [7, 11) is 1.56. The van der Waals surface area contributed by atoms with E-state index in [0.29, 0.717) is 22.6 Å². The van der Waals surface area contributed by atoms with Gasteiger partial charge >= 0.3 is 5.91 Å². The van der Waals surface area contributed by atoms with Crippen LogP contribution in [0.3, 0.4) is 0 Å². The van der Waals surface area contributed by atoms with Crippen LogP contribution in [-0.4, -0.2) is 29.1 Å². The van der Waals surface area contributed by atoms with Crippen molar-refractivity contribution in [1.29, 1.82) is 0 Å². The molecule has 0 bridgehead atoms. The zero-order valence-electron chi connectivity index (χ0n) is 20.2. The molecule has 3 aromatic rings. The normalized spacial score (nSPS) is 17.9. The van der Waals surface area contributed by atoms with E-state index in [-0.39, 0.29) is 22.6 Å². The average molecular weight is 461 g/mol. The van der Waals surface area contributed by atoms with E-state index in [1.165, 1.54) is 4.90 Å². The summed E-state index contributed by atoms with van der Waals surface area (Å²) in [6.45, 7) is 9.88. The Bertz CT molecular complexity index is 1300. The minimum absolute atomic E-state index is 0.00118. The Kier molecular flexibility index (Phi) is 5.81. The van der Waals surface area contributed by atoms with E-state index in [2.05, 4.69) is 25.9 Å². The average Bonchev–Trinajstić information content (AvgIpc) is 3.33. The lowest BCUT2D eigenvalue weighted by atomic mass is 9.85. The van der Waals surface area contributed by atoms with Crippen molar-refractivity contribution in [1.82, 2.24) is 5.16 Å². The topological polar surface area (TPSA) is 92.9 Å². The highest BCUT2D eigenvalue weighted by atomic mass is 16.5. The number of aryl methyl sites for hydroxylation is 2. The molecule has 0 spiro atoms. The molecule has 0 unspecified atom stereocenters. The summed E-state index contributed by atoms with van der Waals surface area (Å²) in [5.41, 5.74) is 2.93. The van der Waals surface area contributed by atoms with Crippen LogP contribution in [0.2, 0.25) is 0 Å². The second kappa shape index (κ2) is 8.48. The molecule has 2 aromatic carbocycles. The van der Waals surface area contributed by atoms with Crippen LogP contribution in [-0.2, 0) is 15.0 Å². The molecule has 1 fully saturated rings. The van der Waals surface area contributed by atoms with Crippen molar-refractivity contribution in [3.8, 4) is 5.75 Å². The summed E-state index contributed by atoms with van der Waals surface area (Å²) in [6, 6.07) is 13.5. The number of nitrogens with zero attached hydrogens (tertiary/aromatic N) is 2. The molecule has 0 radical (unpaired) electrons. The maximum Gasteiger partial charge on any atom is 0.301 e. The van der Waals surface area contributed by atoms with E-state index in [1.807, 2.05) is 31.2 Å². The van der Waals surface area contributed by atoms with Crippen molar-refractivity contribution in [2.75, 3.05) is 12.0 Å². The number of hydrogen-bond donors (Lipinski definition) is 1. The maximum absolute atomic E-state index is 13.2. The molecule has 34 heavy (non-hydrogen) atoms. The fraction of sp³-hybridized carbons (Fsp3) is 0.296. The van der Waals surface area contributed by atoms with Gasteiger partial charge in [-0.25, -0.2) is 0 Å². The molecule has 4 rings (SSSR count). The Morgan fingerprint density at radius 1 is 1.06 bits per heavy atom.